The summed E-state index contributed by atoms with van der Waals surface area (Å²) in [6.07, 6.45) is 0.906. The average Bonchev–Trinajstić information content (AvgIpc) is 3.19. The van der Waals surface area contributed by atoms with Crippen LogP contribution >= 0.6 is 0 Å². The van der Waals surface area contributed by atoms with Crippen LogP contribution in [0.3, 0.4) is 0 Å². The first-order valence-corrected chi connectivity index (χ1v) is 12.4. The zero-order valence-electron chi connectivity index (χ0n) is 20.1. The number of carboxylic acids is 1. The van der Waals surface area contributed by atoms with Crippen molar-refractivity contribution in [3.05, 3.63) is 64.9 Å². The minimum Gasteiger partial charge on any atom is -0.488 e. The summed E-state index contributed by atoms with van der Waals surface area (Å²) in [5.41, 5.74) is 2.44. The SMILES string of the molecule is C[C@@H](CN1CCc2c([nH]c3ccccc23)[C@H]1c1c(F)cc(OC2CN(CCCF)C2)cc1F)C(=O)O. The smallest absolute Gasteiger partial charge is 0.307 e. The summed E-state index contributed by atoms with van der Waals surface area (Å²) < 4.78 is 49.3. The molecule has 1 fully saturated rings. The van der Waals surface area contributed by atoms with E-state index in [9.17, 15) is 14.3 Å². The molecule has 0 spiro atoms. The number of hydrogen-bond donors (Lipinski definition) is 2. The second-order valence-electron chi connectivity index (χ2n) is 9.79. The second kappa shape index (κ2) is 10.1. The lowest BCUT2D eigenvalue weighted by Crippen LogP contribution is -2.53. The van der Waals surface area contributed by atoms with Gasteiger partial charge in [-0.05, 0) is 24.5 Å². The Labute approximate surface area is 207 Å². The third-order valence-corrected chi connectivity index (χ3v) is 7.22. The van der Waals surface area contributed by atoms with Crippen LogP contribution in [0.5, 0.6) is 5.75 Å². The van der Waals surface area contributed by atoms with Crippen molar-refractivity contribution >= 4 is 16.9 Å². The van der Waals surface area contributed by atoms with Gasteiger partial charge in [0.15, 0.2) is 0 Å². The number of aliphatic carboxylic acids is 1. The van der Waals surface area contributed by atoms with Gasteiger partial charge in [-0.15, -0.1) is 0 Å². The van der Waals surface area contributed by atoms with Crippen molar-refractivity contribution in [2.75, 3.05) is 39.4 Å². The number of carboxylic acid groups (broad SMARTS) is 1. The van der Waals surface area contributed by atoms with Crippen molar-refractivity contribution in [2.24, 2.45) is 5.92 Å². The Morgan fingerprint density at radius 1 is 1.22 bits per heavy atom. The summed E-state index contributed by atoms with van der Waals surface area (Å²) in [5, 5.41) is 10.5. The summed E-state index contributed by atoms with van der Waals surface area (Å²) in [6, 6.07) is 9.35. The minimum absolute atomic E-state index is 0.113. The van der Waals surface area contributed by atoms with Crippen molar-refractivity contribution in [1.82, 2.24) is 14.8 Å². The Morgan fingerprint density at radius 3 is 2.64 bits per heavy atom. The first kappa shape index (κ1) is 24.6. The fourth-order valence-electron chi connectivity index (χ4n) is 5.39. The highest BCUT2D eigenvalue weighted by atomic mass is 19.1. The molecule has 5 rings (SSSR count). The van der Waals surface area contributed by atoms with Crippen molar-refractivity contribution in [3.8, 4) is 5.75 Å². The average molecular weight is 502 g/mol. The Bertz CT molecular complexity index is 1230. The molecule has 6 nitrogen and oxygen atoms in total. The third-order valence-electron chi connectivity index (χ3n) is 7.22. The summed E-state index contributed by atoms with van der Waals surface area (Å²) in [4.78, 5) is 18.8. The Balaban J connectivity index is 1.46. The van der Waals surface area contributed by atoms with Gasteiger partial charge < -0.3 is 14.8 Å². The van der Waals surface area contributed by atoms with Crippen molar-refractivity contribution < 1.29 is 27.8 Å². The Hall–Kier alpha value is -3.04. The van der Waals surface area contributed by atoms with Crippen molar-refractivity contribution in [2.45, 2.75) is 31.9 Å². The maximum Gasteiger partial charge on any atom is 0.307 e. The fraction of sp³-hybridized carbons (Fsp3) is 0.444. The molecule has 3 aromatic rings. The van der Waals surface area contributed by atoms with Crippen LogP contribution in [-0.4, -0.2) is 71.4 Å². The zero-order chi connectivity index (χ0) is 25.4. The number of carbonyl (C=O) groups is 1. The summed E-state index contributed by atoms with van der Waals surface area (Å²) in [5.74, 6) is -3.01. The van der Waals surface area contributed by atoms with Gasteiger partial charge in [-0.25, -0.2) is 8.78 Å². The van der Waals surface area contributed by atoms with E-state index in [-0.39, 0.29) is 30.6 Å². The molecule has 1 saturated heterocycles. The van der Waals surface area contributed by atoms with Gasteiger partial charge in [0.25, 0.3) is 0 Å². The van der Waals surface area contributed by atoms with Crippen LogP contribution < -0.4 is 4.74 Å². The number of nitrogens with one attached hydrogen (secondary N) is 1. The molecule has 9 heteroatoms. The highest BCUT2D eigenvalue weighted by Crippen LogP contribution is 2.41. The largest absolute Gasteiger partial charge is 0.488 e. The summed E-state index contributed by atoms with van der Waals surface area (Å²) >= 11 is 0. The number of halogens is 3. The number of nitrogens with zero attached hydrogens (tertiary/aromatic N) is 2. The number of alkyl halides is 1. The summed E-state index contributed by atoms with van der Waals surface area (Å²) in [6.45, 7) is 3.67. The van der Waals surface area contributed by atoms with Crippen molar-refractivity contribution in [3.63, 3.8) is 0 Å². The van der Waals surface area contributed by atoms with Crippen molar-refractivity contribution in [1.29, 1.82) is 0 Å². The topological polar surface area (TPSA) is 68.8 Å². The maximum absolute atomic E-state index is 15.6. The van der Waals surface area contributed by atoms with E-state index in [0.29, 0.717) is 44.7 Å². The van der Waals surface area contributed by atoms with E-state index < -0.39 is 29.6 Å². The number of hydrogen-bond acceptors (Lipinski definition) is 4. The first-order chi connectivity index (χ1) is 17.4. The Morgan fingerprint density at radius 2 is 1.94 bits per heavy atom. The number of benzene rings is 2. The van der Waals surface area contributed by atoms with E-state index in [2.05, 4.69) is 4.98 Å². The van der Waals surface area contributed by atoms with Gasteiger partial charge in [-0.1, -0.05) is 25.1 Å². The first-order valence-electron chi connectivity index (χ1n) is 12.4. The molecule has 2 aliphatic heterocycles. The second-order valence-corrected chi connectivity index (χ2v) is 9.79. The molecule has 0 amide bonds. The van der Waals surface area contributed by atoms with Crippen LogP contribution in [0.15, 0.2) is 36.4 Å². The number of H-pyrrole nitrogens is 1. The fourth-order valence-corrected chi connectivity index (χ4v) is 5.39. The van der Waals surface area contributed by atoms with E-state index in [1.807, 2.05) is 34.1 Å². The molecule has 2 aliphatic rings. The molecule has 0 aliphatic carbocycles. The van der Waals surface area contributed by atoms with Gasteiger partial charge >= 0.3 is 5.97 Å². The van der Waals surface area contributed by atoms with Crippen LogP contribution in [0.4, 0.5) is 13.2 Å². The molecule has 2 aromatic carbocycles. The number of para-hydroxylation sites is 1. The van der Waals surface area contributed by atoms with E-state index >= 15 is 8.78 Å². The van der Waals surface area contributed by atoms with Gasteiger partial charge in [-0.2, -0.15) is 0 Å². The number of aromatic nitrogens is 1. The molecule has 2 N–H and O–H groups in total. The molecule has 0 bridgehead atoms. The predicted molar refractivity (Wildman–Crippen MR) is 130 cm³/mol. The van der Waals surface area contributed by atoms with Gasteiger partial charge in [-0.3, -0.25) is 19.0 Å². The van der Waals surface area contributed by atoms with Gasteiger partial charge in [0.05, 0.1) is 18.6 Å². The monoisotopic (exact) mass is 501 g/mol. The number of fused-ring (bicyclic) bond motifs is 3. The molecule has 0 saturated carbocycles. The quantitative estimate of drug-likeness (QED) is 0.451. The lowest BCUT2D eigenvalue weighted by atomic mass is 9.90. The zero-order valence-corrected chi connectivity index (χ0v) is 20.1. The molecule has 2 atom stereocenters. The van der Waals surface area contributed by atoms with E-state index in [1.54, 1.807) is 6.92 Å². The van der Waals surface area contributed by atoms with E-state index in [1.165, 1.54) is 12.1 Å². The number of ether oxygens (including phenoxy) is 1. The maximum atomic E-state index is 15.6. The molecule has 1 aromatic heterocycles. The van der Waals surface area contributed by atoms with Crippen LogP contribution in [0.1, 0.15) is 36.2 Å². The van der Waals surface area contributed by atoms with E-state index in [4.69, 9.17) is 4.74 Å². The van der Waals surface area contributed by atoms with Gasteiger partial charge in [0, 0.05) is 67.0 Å². The molecule has 3 heterocycles. The number of rotatable bonds is 9. The minimum atomic E-state index is -0.957. The molecule has 0 unspecified atom stereocenters. The lowest BCUT2D eigenvalue weighted by molar-refractivity contribution is -0.141. The Kier molecular flexibility index (Phi) is 6.94. The van der Waals surface area contributed by atoms with E-state index in [0.717, 1.165) is 16.5 Å². The third kappa shape index (κ3) is 4.69. The van der Waals surface area contributed by atoms with Gasteiger partial charge in [0.2, 0.25) is 0 Å². The summed E-state index contributed by atoms with van der Waals surface area (Å²) in [7, 11) is 0. The molecular formula is C27H30F3N3O3. The predicted octanol–water partition coefficient (Wildman–Crippen LogP) is 4.54. The van der Waals surface area contributed by atoms with Crippen LogP contribution in [0.25, 0.3) is 10.9 Å². The molecule has 0 radical (unpaired) electrons. The van der Waals surface area contributed by atoms with Crippen LogP contribution in [-0.2, 0) is 11.2 Å². The normalized spacial score (nSPS) is 19.7. The number of likely N-dealkylation sites (tertiary alicyclic amines) is 1. The highest BCUT2D eigenvalue weighted by Gasteiger charge is 2.37. The molecule has 192 valence electrons. The lowest BCUT2D eigenvalue weighted by Gasteiger charge is -2.39. The molecular weight excluding hydrogens is 471 g/mol. The van der Waals surface area contributed by atoms with Crippen LogP contribution in [0.2, 0.25) is 0 Å². The van der Waals surface area contributed by atoms with Gasteiger partial charge in [0.1, 0.15) is 23.5 Å². The standard InChI is InChI=1S/C27H30F3N3O3/c1-16(27(34)35)13-33-10-7-20-19-5-2-3-6-23(19)31-25(20)26(33)24-21(29)11-17(12-22(24)30)36-18-14-32(15-18)9-4-8-28/h2-3,5-6,11-12,16,18,26,31H,4,7-10,13-15H2,1H3,(H,34,35)/t16-,26+/m0/s1. The van der Waals surface area contributed by atoms with Crippen LogP contribution in [0, 0.1) is 17.6 Å². The highest BCUT2D eigenvalue weighted by molar-refractivity contribution is 5.85. The number of aromatic amines is 1. The molecule has 36 heavy (non-hydrogen) atoms.